The topological polar surface area (TPSA) is 59.9 Å². The zero-order valence-corrected chi connectivity index (χ0v) is 11.5. The maximum atomic E-state index is 5.33. The van der Waals surface area contributed by atoms with Gasteiger partial charge < -0.3 is 10.1 Å². The van der Waals surface area contributed by atoms with Crippen LogP contribution >= 0.6 is 0 Å². The fourth-order valence-electron chi connectivity index (χ4n) is 1.83. The van der Waals surface area contributed by atoms with Crippen LogP contribution in [0.2, 0.25) is 0 Å². The van der Waals surface area contributed by atoms with Gasteiger partial charge in [0.1, 0.15) is 23.1 Å². The number of nitrogens with zero attached hydrogens (tertiary/aromatic N) is 3. The summed E-state index contributed by atoms with van der Waals surface area (Å²) in [6.07, 6.45) is 3.59. The van der Waals surface area contributed by atoms with E-state index in [2.05, 4.69) is 27.2 Å². The van der Waals surface area contributed by atoms with Crippen LogP contribution in [0.3, 0.4) is 0 Å². The summed E-state index contributed by atoms with van der Waals surface area (Å²) in [4.78, 5) is 13.3. The average molecular weight is 258 g/mol. The minimum absolute atomic E-state index is 0.714. The van der Waals surface area contributed by atoms with Crippen molar-refractivity contribution in [3.05, 3.63) is 30.2 Å². The largest absolute Gasteiger partial charge is 0.494 e. The molecule has 1 N–H and O–H groups in total. The SMILES string of the molecule is CCCc1nc(NC)cc(-c2ncccc2OC)n1. The van der Waals surface area contributed by atoms with E-state index in [1.807, 2.05) is 25.2 Å². The van der Waals surface area contributed by atoms with E-state index in [1.165, 1.54) is 0 Å². The highest BCUT2D eigenvalue weighted by atomic mass is 16.5. The van der Waals surface area contributed by atoms with Crippen molar-refractivity contribution in [2.45, 2.75) is 19.8 Å². The minimum Gasteiger partial charge on any atom is -0.494 e. The second kappa shape index (κ2) is 6.13. The van der Waals surface area contributed by atoms with Gasteiger partial charge in [-0.05, 0) is 18.6 Å². The van der Waals surface area contributed by atoms with Gasteiger partial charge in [-0.2, -0.15) is 0 Å². The normalized spacial score (nSPS) is 10.3. The number of aromatic nitrogens is 3. The number of aryl methyl sites for hydroxylation is 1. The fourth-order valence-corrected chi connectivity index (χ4v) is 1.83. The van der Waals surface area contributed by atoms with E-state index < -0.39 is 0 Å². The van der Waals surface area contributed by atoms with E-state index in [0.717, 1.165) is 35.9 Å². The van der Waals surface area contributed by atoms with Gasteiger partial charge in [0.15, 0.2) is 0 Å². The predicted octanol–water partition coefficient (Wildman–Crippen LogP) is 2.54. The van der Waals surface area contributed by atoms with Crippen molar-refractivity contribution < 1.29 is 4.74 Å². The lowest BCUT2D eigenvalue weighted by atomic mass is 10.2. The Kier molecular flexibility index (Phi) is 4.28. The molecule has 0 aliphatic carbocycles. The molecule has 0 aromatic carbocycles. The van der Waals surface area contributed by atoms with Crippen LogP contribution in [0.1, 0.15) is 19.2 Å². The molecule has 0 radical (unpaired) electrons. The molecule has 0 atom stereocenters. The quantitative estimate of drug-likeness (QED) is 0.893. The summed E-state index contributed by atoms with van der Waals surface area (Å²) in [7, 11) is 3.48. The van der Waals surface area contributed by atoms with Crippen LogP contribution in [0.5, 0.6) is 5.75 Å². The summed E-state index contributed by atoms with van der Waals surface area (Å²) in [6.45, 7) is 2.11. The number of ether oxygens (including phenoxy) is 1. The van der Waals surface area contributed by atoms with Crippen molar-refractivity contribution in [2.24, 2.45) is 0 Å². The molecule has 0 aliphatic heterocycles. The highest BCUT2D eigenvalue weighted by Gasteiger charge is 2.11. The van der Waals surface area contributed by atoms with E-state index in [9.17, 15) is 0 Å². The second-order valence-corrected chi connectivity index (χ2v) is 4.11. The molecule has 0 saturated heterocycles. The zero-order valence-electron chi connectivity index (χ0n) is 11.5. The summed E-state index contributed by atoms with van der Waals surface area (Å²) in [6, 6.07) is 5.60. The summed E-state index contributed by atoms with van der Waals surface area (Å²) in [5.41, 5.74) is 1.52. The number of hydrogen-bond donors (Lipinski definition) is 1. The first-order chi connectivity index (χ1) is 9.28. The average Bonchev–Trinajstić information content (AvgIpc) is 2.47. The van der Waals surface area contributed by atoms with E-state index in [0.29, 0.717) is 5.75 Å². The van der Waals surface area contributed by atoms with Crippen molar-refractivity contribution in [3.63, 3.8) is 0 Å². The van der Waals surface area contributed by atoms with Crippen molar-refractivity contribution >= 4 is 5.82 Å². The summed E-state index contributed by atoms with van der Waals surface area (Å²) in [5, 5.41) is 3.05. The van der Waals surface area contributed by atoms with Crippen LogP contribution in [0.25, 0.3) is 11.4 Å². The Morgan fingerprint density at radius 2 is 2.16 bits per heavy atom. The van der Waals surface area contributed by atoms with Crippen molar-refractivity contribution in [2.75, 3.05) is 19.5 Å². The monoisotopic (exact) mass is 258 g/mol. The lowest BCUT2D eigenvalue weighted by Crippen LogP contribution is -2.03. The van der Waals surface area contributed by atoms with Gasteiger partial charge in [-0.1, -0.05) is 6.92 Å². The number of rotatable bonds is 5. The van der Waals surface area contributed by atoms with Crippen LogP contribution in [-0.4, -0.2) is 29.1 Å². The highest BCUT2D eigenvalue weighted by Crippen LogP contribution is 2.27. The fraction of sp³-hybridized carbons (Fsp3) is 0.357. The van der Waals surface area contributed by atoms with Gasteiger partial charge in [0.25, 0.3) is 0 Å². The molecule has 2 aromatic rings. The molecule has 5 heteroatoms. The maximum absolute atomic E-state index is 5.33. The molecular formula is C14H18N4O. The van der Waals surface area contributed by atoms with Gasteiger partial charge in [0.2, 0.25) is 0 Å². The van der Waals surface area contributed by atoms with Crippen molar-refractivity contribution in [1.82, 2.24) is 15.0 Å². The molecule has 0 saturated carbocycles. The third-order valence-corrected chi connectivity index (χ3v) is 2.74. The smallest absolute Gasteiger partial charge is 0.146 e. The molecule has 0 bridgehead atoms. The lowest BCUT2D eigenvalue weighted by Gasteiger charge is -2.09. The number of hydrogen-bond acceptors (Lipinski definition) is 5. The third-order valence-electron chi connectivity index (χ3n) is 2.74. The van der Waals surface area contributed by atoms with Gasteiger partial charge >= 0.3 is 0 Å². The van der Waals surface area contributed by atoms with E-state index in [1.54, 1.807) is 13.3 Å². The standard InChI is InChI=1S/C14H18N4O/c1-4-6-12-17-10(9-13(15-2)18-12)14-11(19-3)7-5-8-16-14/h5,7-9H,4,6H2,1-3H3,(H,15,17,18). The van der Waals surface area contributed by atoms with E-state index in [-0.39, 0.29) is 0 Å². The van der Waals surface area contributed by atoms with Crippen molar-refractivity contribution in [3.8, 4) is 17.1 Å². The van der Waals surface area contributed by atoms with Crippen LogP contribution in [0.4, 0.5) is 5.82 Å². The minimum atomic E-state index is 0.714. The summed E-state index contributed by atoms with van der Waals surface area (Å²) >= 11 is 0. The first-order valence-corrected chi connectivity index (χ1v) is 6.33. The maximum Gasteiger partial charge on any atom is 0.146 e. The summed E-state index contributed by atoms with van der Waals surface area (Å²) < 4.78 is 5.33. The predicted molar refractivity (Wildman–Crippen MR) is 75.4 cm³/mol. The van der Waals surface area contributed by atoms with E-state index >= 15 is 0 Å². The summed E-state index contributed by atoms with van der Waals surface area (Å²) in [5.74, 6) is 2.32. The van der Waals surface area contributed by atoms with Crippen LogP contribution < -0.4 is 10.1 Å². The molecule has 2 aromatic heterocycles. The Balaban J connectivity index is 2.51. The highest BCUT2D eigenvalue weighted by molar-refractivity contribution is 5.65. The molecular weight excluding hydrogens is 240 g/mol. The van der Waals surface area contributed by atoms with Crippen molar-refractivity contribution in [1.29, 1.82) is 0 Å². The van der Waals surface area contributed by atoms with Gasteiger partial charge in [-0.25, -0.2) is 9.97 Å². The number of nitrogens with one attached hydrogen (secondary N) is 1. The van der Waals surface area contributed by atoms with Crippen LogP contribution in [0.15, 0.2) is 24.4 Å². The van der Waals surface area contributed by atoms with E-state index in [4.69, 9.17) is 4.74 Å². The van der Waals surface area contributed by atoms with Gasteiger partial charge in [-0.15, -0.1) is 0 Å². The second-order valence-electron chi connectivity index (χ2n) is 4.11. The van der Waals surface area contributed by atoms with Gasteiger partial charge in [0, 0.05) is 25.7 Å². The number of methoxy groups -OCH3 is 1. The first-order valence-electron chi connectivity index (χ1n) is 6.33. The Morgan fingerprint density at radius 3 is 2.84 bits per heavy atom. The Morgan fingerprint density at radius 1 is 1.32 bits per heavy atom. The van der Waals surface area contributed by atoms with Gasteiger partial charge in [-0.3, -0.25) is 4.98 Å². The molecule has 2 rings (SSSR count). The molecule has 0 amide bonds. The Labute approximate surface area is 113 Å². The third kappa shape index (κ3) is 2.99. The molecule has 0 fully saturated rings. The first kappa shape index (κ1) is 13.3. The molecule has 100 valence electrons. The Bertz CT molecular complexity index is 557. The molecule has 5 nitrogen and oxygen atoms in total. The lowest BCUT2D eigenvalue weighted by molar-refractivity contribution is 0.414. The zero-order chi connectivity index (χ0) is 13.7. The number of anilines is 1. The molecule has 2 heterocycles. The van der Waals surface area contributed by atoms with Crippen LogP contribution in [-0.2, 0) is 6.42 Å². The molecule has 0 spiro atoms. The van der Waals surface area contributed by atoms with Crippen LogP contribution in [0, 0.1) is 0 Å². The molecule has 0 unspecified atom stereocenters. The van der Waals surface area contributed by atoms with Gasteiger partial charge in [0.05, 0.1) is 12.8 Å². The molecule has 19 heavy (non-hydrogen) atoms. The molecule has 0 aliphatic rings. The number of pyridine rings is 1. The Hall–Kier alpha value is -2.17.